The molecule has 0 bridgehead atoms. The molecule has 0 unspecified atom stereocenters. The minimum Gasteiger partial charge on any atom is -0.269 e. The monoisotopic (exact) mass is 232 g/mol. The molecule has 0 heterocycles. The Morgan fingerprint density at radius 1 is 1.47 bits per heavy atom. The minimum absolute atomic E-state index is 0.0216. The second kappa shape index (κ2) is 3.83. The lowest BCUT2D eigenvalue weighted by atomic mass is 10.2. The summed E-state index contributed by atoms with van der Waals surface area (Å²) in [5.41, 5.74) is 0.191. The van der Waals surface area contributed by atoms with Crippen LogP contribution < -0.4 is 4.72 Å². The summed E-state index contributed by atoms with van der Waals surface area (Å²) >= 11 is 0. The van der Waals surface area contributed by atoms with E-state index in [0.717, 1.165) is 6.07 Å². The highest BCUT2D eigenvalue weighted by molar-refractivity contribution is 7.87. The highest BCUT2D eigenvalue weighted by Gasteiger charge is 2.12. The van der Waals surface area contributed by atoms with Gasteiger partial charge in [0.25, 0.3) is 5.69 Å². The predicted octanol–water partition coefficient (Wildman–Crippen LogP) is 1.12. The summed E-state index contributed by atoms with van der Waals surface area (Å²) in [6.07, 6.45) is 0. The normalized spacial score (nSPS) is 11.1. The van der Waals surface area contributed by atoms with Crippen molar-refractivity contribution >= 4 is 21.7 Å². The maximum Gasteiger partial charge on any atom is 0.357 e. The molecule has 82 valence electrons. The Labute approximate surface area is 85.8 Å². The van der Waals surface area contributed by atoms with E-state index in [1.54, 1.807) is 11.6 Å². The van der Waals surface area contributed by atoms with Gasteiger partial charge in [-0.15, -0.1) is 0 Å². The van der Waals surface area contributed by atoms with Crippen molar-refractivity contribution in [3.63, 3.8) is 0 Å². The standard InChI is InChI=1S/C7H8N2O5S/c1-5-2-3-6(9(10)11)4-7(5)8-15(12,13)14/h2-4,8H,1H3,(H,12,13,14). The number of nitro groups is 1. The number of hydrogen-bond acceptors (Lipinski definition) is 4. The van der Waals surface area contributed by atoms with Gasteiger partial charge in [-0.05, 0) is 12.5 Å². The molecule has 0 aliphatic carbocycles. The van der Waals surface area contributed by atoms with Gasteiger partial charge in [-0.2, -0.15) is 8.42 Å². The molecule has 0 atom stereocenters. The van der Waals surface area contributed by atoms with Crippen LogP contribution in [-0.2, 0) is 10.3 Å². The molecule has 7 nitrogen and oxygen atoms in total. The maximum absolute atomic E-state index is 10.5. The highest BCUT2D eigenvalue weighted by Crippen LogP contribution is 2.22. The molecule has 1 aromatic rings. The van der Waals surface area contributed by atoms with Gasteiger partial charge in [-0.1, -0.05) is 6.07 Å². The van der Waals surface area contributed by atoms with Crippen molar-refractivity contribution in [3.8, 4) is 0 Å². The lowest BCUT2D eigenvalue weighted by Crippen LogP contribution is -2.11. The first kappa shape index (κ1) is 11.4. The van der Waals surface area contributed by atoms with Crippen LogP contribution in [0.1, 0.15) is 5.56 Å². The minimum atomic E-state index is -4.41. The van der Waals surface area contributed by atoms with Gasteiger partial charge in [0.1, 0.15) is 0 Å². The summed E-state index contributed by atoms with van der Waals surface area (Å²) in [5, 5.41) is 10.4. The van der Waals surface area contributed by atoms with Crippen molar-refractivity contribution in [2.75, 3.05) is 4.72 Å². The molecule has 0 spiro atoms. The Bertz CT molecular complexity index is 496. The second-order valence-corrected chi connectivity index (χ2v) is 3.99. The van der Waals surface area contributed by atoms with E-state index in [1.807, 2.05) is 0 Å². The zero-order valence-electron chi connectivity index (χ0n) is 7.67. The van der Waals surface area contributed by atoms with Gasteiger partial charge >= 0.3 is 10.3 Å². The van der Waals surface area contributed by atoms with Gasteiger partial charge in [-0.25, -0.2) is 0 Å². The van der Waals surface area contributed by atoms with E-state index in [-0.39, 0.29) is 11.4 Å². The van der Waals surface area contributed by atoms with E-state index < -0.39 is 15.2 Å². The molecule has 2 N–H and O–H groups in total. The van der Waals surface area contributed by atoms with Crippen LogP contribution in [0.4, 0.5) is 11.4 Å². The first-order chi connectivity index (χ1) is 6.79. The molecule has 8 heteroatoms. The molecule has 15 heavy (non-hydrogen) atoms. The average molecular weight is 232 g/mol. The van der Waals surface area contributed by atoms with Crippen molar-refractivity contribution in [3.05, 3.63) is 33.9 Å². The van der Waals surface area contributed by atoms with Crippen LogP contribution >= 0.6 is 0 Å². The van der Waals surface area contributed by atoms with Crippen LogP contribution in [0.2, 0.25) is 0 Å². The van der Waals surface area contributed by atoms with E-state index in [2.05, 4.69) is 0 Å². The molecule has 1 rings (SSSR count). The third kappa shape index (κ3) is 3.18. The lowest BCUT2D eigenvalue weighted by molar-refractivity contribution is -0.384. The molecule has 0 saturated heterocycles. The number of nitro benzene ring substituents is 1. The zero-order valence-corrected chi connectivity index (χ0v) is 8.48. The molecule has 0 radical (unpaired) electrons. The van der Waals surface area contributed by atoms with Gasteiger partial charge in [0, 0.05) is 12.1 Å². The van der Waals surface area contributed by atoms with Crippen LogP contribution in [0.5, 0.6) is 0 Å². The van der Waals surface area contributed by atoms with Crippen molar-refractivity contribution in [2.45, 2.75) is 6.92 Å². The number of anilines is 1. The summed E-state index contributed by atoms with van der Waals surface area (Å²) in [6.45, 7) is 1.55. The number of hydrogen-bond donors (Lipinski definition) is 2. The fourth-order valence-corrected chi connectivity index (χ4v) is 1.47. The number of nitrogens with one attached hydrogen (secondary N) is 1. The number of rotatable bonds is 3. The number of non-ortho nitro benzene ring substituents is 1. The van der Waals surface area contributed by atoms with Gasteiger partial charge in [0.15, 0.2) is 0 Å². The van der Waals surface area contributed by atoms with Gasteiger partial charge in [0.2, 0.25) is 0 Å². The maximum atomic E-state index is 10.5. The third-order valence-corrected chi connectivity index (χ3v) is 2.15. The third-order valence-electron chi connectivity index (χ3n) is 1.67. The fraction of sp³-hybridized carbons (Fsp3) is 0.143. The smallest absolute Gasteiger partial charge is 0.269 e. The largest absolute Gasteiger partial charge is 0.357 e. The van der Waals surface area contributed by atoms with Crippen LogP contribution in [0.25, 0.3) is 0 Å². The first-order valence-corrected chi connectivity index (χ1v) is 5.24. The molecular formula is C7H8N2O5S. The molecular weight excluding hydrogens is 224 g/mol. The topological polar surface area (TPSA) is 110 Å². The summed E-state index contributed by atoms with van der Waals surface area (Å²) in [7, 11) is -4.41. The molecule has 0 fully saturated rings. The number of aryl methyl sites for hydroxylation is 1. The number of nitrogens with zero attached hydrogens (tertiary/aromatic N) is 1. The first-order valence-electron chi connectivity index (χ1n) is 3.80. The fourth-order valence-electron chi connectivity index (χ4n) is 0.972. The molecule has 0 aliphatic heterocycles. The Morgan fingerprint density at radius 2 is 2.07 bits per heavy atom. The van der Waals surface area contributed by atoms with Gasteiger partial charge < -0.3 is 0 Å². The SMILES string of the molecule is Cc1ccc([N+](=O)[O-])cc1NS(=O)(=O)O. The quantitative estimate of drug-likeness (QED) is 0.461. The lowest BCUT2D eigenvalue weighted by Gasteiger charge is -2.05. The van der Waals surface area contributed by atoms with E-state index in [4.69, 9.17) is 4.55 Å². The molecule has 0 saturated carbocycles. The van der Waals surface area contributed by atoms with E-state index >= 15 is 0 Å². The molecule has 0 aliphatic rings. The second-order valence-electron chi connectivity index (χ2n) is 2.83. The van der Waals surface area contributed by atoms with Crippen molar-refractivity contribution in [1.82, 2.24) is 0 Å². The van der Waals surface area contributed by atoms with Gasteiger partial charge in [-0.3, -0.25) is 19.4 Å². The van der Waals surface area contributed by atoms with Gasteiger partial charge in [0.05, 0.1) is 10.6 Å². The molecule has 1 aromatic carbocycles. The highest BCUT2D eigenvalue weighted by atomic mass is 32.2. The van der Waals surface area contributed by atoms with Crippen molar-refractivity contribution < 1.29 is 17.9 Å². The van der Waals surface area contributed by atoms with Crippen LogP contribution in [0.3, 0.4) is 0 Å². The summed E-state index contributed by atoms with van der Waals surface area (Å²) in [5.74, 6) is 0. The Balaban J connectivity index is 3.17. The van der Waals surface area contributed by atoms with Crippen molar-refractivity contribution in [2.24, 2.45) is 0 Å². The number of benzene rings is 1. The Morgan fingerprint density at radius 3 is 2.53 bits per heavy atom. The van der Waals surface area contributed by atoms with E-state index in [0.29, 0.717) is 5.56 Å². The van der Waals surface area contributed by atoms with Crippen molar-refractivity contribution in [1.29, 1.82) is 0 Å². The van der Waals surface area contributed by atoms with E-state index in [9.17, 15) is 18.5 Å². The average Bonchev–Trinajstić information content (AvgIpc) is 2.06. The summed E-state index contributed by atoms with van der Waals surface area (Å²) in [4.78, 5) is 9.74. The summed E-state index contributed by atoms with van der Waals surface area (Å²) in [6, 6.07) is 3.65. The zero-order chi connectivity index (χ0) is 11.6. The van der Waals surface area contributed by atoms with Crippen LogP contribution in [0, 0.1) is 17.0 Å². The molecule has 0 amide bonds. The Kier molecular flexibility index (Phi) is 2.91. The van der Waals surface area contributed by atoms with Crippen LogP contribution in [-0.4, -0.2) is 17.9 Å². The van der Waals surface area contributed by atoms with Crippen LogP contribution in [0.15, 0.2) is 18.2 Å². The predicted molar refractivity (Wildman–Crippen MR) is 53.0 cm³/mol. The van der Waals surface area contributed by atoms with E-state index in [1.165, 1.54) is 12.1 Å². The summed E-state index contributed by atoms with van der Waals surface area (Å²) < 4.78 is 31.3. The molecule has 0 aromatic heterocycles. The Hall–Kier alpha value is -1.67.